The minimum atomic E-state index is -0.376. The van der Waals surface area contributed by atoms with Crippen LogP contribution in [0.2, 0.25) is 10.0 Å². The van der Waals surface area contributed by atoms with Crippen molar-refractivity contribution in [3.63, 3.8) is 0 Å². The molecule has 1 aromatic rings. The Hall–Kier alpha value is -0.260. The molecule has 0 unspecified atom stereocenters. The zero-order chi connectivity index (χ0) is 12.1. The van der Waals surface area contributed by atoms with Crippen molar-refractivity contribution in [3.05, 3.63) is 37.4 Å². The third-order valence-corrected chi connectivity index (χ3v) is 3.15. The van der Waals surface area contributed by atoms with E-state index in [0.717, 1.165) is 0 Å². The fraction of sp³-hybridized carbons (Fsp3) is 0.182. The highest BCUT2D eigenvalue weighted by Crippen LogP contribution is 2.28. The number of carbonyl (C=O) groups is 1. The summed E-state index contributed by atoms with van der Waals surface area (Å²) >= 11 is 13.8. The largest absolute Gasteiger partial charge is 0.462 e. The number of carbonyl (C=O) groups excluding carboxylic acids is 1. The molecule has 0 spiro atoms. The van der Waals surface area contributed by atoms with Crippen LogP contribution in [-0.4, -0.2) is 12.6 Å². The summed E-state index contributed by atoms with van der Waals surface area (Å²) < 4.78 is 5.29. The van der Waals surface area contributed by atoms with Crippen molar-refractivity contribution in [2.24, 2.45) is 0 Å². The van der Waals surface area contributed by atoms with Crippen LogP contribution in [0.25, 0.3) is 6.08 Å². The van der Waals surface area contributed by atoms with Gasteiger partial charge in [-0.1, -0.05) is 29.3 Å². The summed E-state index contributed by atoms with van der Waals surface area (Å²) in [5.41, 5.74) is 0.628. The second kappa shape index (κ2) is 6.47. The lowest BCUT2D eigenvalue weighted by molar-refractivity contribution is -0.137. The first kappa shape index (κ1) is 13.8. The van der Waals surface area contributed by atoms with Crippen LogP contribution in [-0.2, 0) is 9.53 Å². The molecule has 0 fully saturated rings. The molecule has 86 valence electrons. The van der Waals surface area contributed by atoms with Crippen LogP contribution in [0.1, 0.15) is 12.5 Å². The quantitative estimate of drug-likeness (QED) is 0.449. The van der Waals surface area contributed by atoms with Gasteiger partial charge in [0, 0.05) is 15.6 Å². The zero-order valence-electron chi connectivity index (χ0n) is 8.47. The van der Waals surface area contributed by atoms with Crippen molar-refractivity contribution < 1.29 is 9.53 Å². The van der Waals surface area contributed by atoms with Gasteiger partial charge in [-0.3, -0.25) is 0 Å². The maximum Gasteiger partial charge on any atom is 0.344 e. The number of benzene rings is 1. The van der Waals surface area contributed by atoms with Crippen molar-refractivity contribution in [2.45, 2.75) is 6.92 Å². The maximum absolute atomic E-state index is 11.4. The number of ether oxygens (including phenoxy) is 1. The van der Waals surface area contributed by atoms with Crippen molar-refractivity contribution >= 4 is 57.8 Å². The summed E-state index contributed by atoms with van der Waals surface area (Å²) in [6.07, 6.45) is 1.61. The highest BCUT2D eigenvalue weighted by Gasteiger charge is 2.09. The van der Waals surface area contributed by atoms with E-state index in [-0.39, 0.29) is 5.97 Å². The summed E-state index contributed by atoms with van der Waals surface area (Å²) in [5, 5.41) is 1.01. The first-order valence-corrected chi connectivity index (χ1v) is 6.38. The monoisotopic (exact) mass is 370 g/mol. The van der Waals surface area contributed by atoms with Crippen LogP contribution in [0.5, 0.6) is 0 Å². The molecule has 5 heteroatoms. The molecule has 0 aromatic heterocycles. The van der Waals surface area contributed by atoms with E-state index < -0.39 is 0 Å². The fourth-order valence-corrected chi connectivity index (χ4v) is 2.01. The molecule has 0 aliphatic heterocycles. The van der Waals surface area contributed by atoms with Gasteiger partial charge < -0.3 is 4.74 Å². The van der Waals surface area contributed by atoms with Gasteiger partial charge in [-0.25, -0.2) is 4.79 Å². The Labute approximate surface area is 118 Å². The van der Waals surface area contributed by atoms with E-state index in [1.807, 2.05) is 22.6 Å². The molecule has 0 bridgehead atoms. The molecule has 1 aromatic carbocycles. The van der Waals surface area contributed by atoms with Crippen LogP contribution in [0, 0.1) is 0 Å². The van der Waals surface area contributed by atoms with Crippen LogP contribution >= 0.6 is 45.8 Å². The Bertz CT molecular complexity index is 410. The summed E-state index contributed by atoms with van der Waals surface area (Å²) in [6, 6.07) is 5.18. The van der Waals surface area contributed by atoms with Crippen molar-refractivity contribution in [2.75, 3.05) is 6.61 Å². The van der Waals surface area contributed by atoms with Gasteiger partial charge in [0.05, 0.1) is 10.2 Å². The predicted molar refractivity (Wildman–Crippen MR) is 75.1 cm³/mol. The Morgan fingerprint density at radius 2 is 2.00 bits per heavy atom. The highest BCUT2D eigenvalue weighted by atomic mass is 127. The molecule has 0 heterocycles. The molecule has 16 heavy (non-hydrogen) atoms. The molecular weight excluding hydrogens is 362 g/mol. The van der Waals surface area contributed by atoms with Gasteiger partial charge in [0.15, 0.2) is 0 Å². The molecule has 0 atom stereocenters. The van der Waals surface area contributed by atoms with Crippen molar-refractivity contribution in [3.8, 4) is 0 Å². The van der Waals surface area contributed by atoms with Gasteiger partial charge in [-0.15, -0.1) is 0 Å². The minimum absolute atomic E-state index is 0.343. The number of rotatable bonds is 3. The average molecular weight is 371 g/mol. The van der Waals surface area contributed by atoms with E-state index in [1.165, 1.54) is 0 Å². The molecule has 0 saturated heterocycles. The summed E-state index contributed by atoms with van der Waals surface area (Å²) in [7, 11) is 0. The molecule has 0 aliphatic rings. The second-order valence-electron chi connectivity index (χ2n) is 2.85. The Kier molecular flexibility index (Phi) is 5.58. The van der Waals surface area contributed by atoms with Crippen LogP contribution in [0.4, 0.5) is 0 Å². The van der Waals surface area contributed by atoms with E-state index in [4.69, 9.17) is 27.9 Å². The van der Waals surface area contributed by atoms with Crippen molar-refractivity contribution in [1.29, 1.82) is 0 Å². The Morgan fingerprint density at radius 3 is 2.50 bits per heavy atom. The molecule has 0 saturated carbocycles. The average Bonchev–Trinajstić information content (AvgIpc) is 2.23. The molecular formula is C11H9Cl2IO2. The van der Waals surface area contributed by atoms with Gasteiger partial charge in [0.1, 0.15) is 0 Å². The predicted octanol–water partition coefficient (Wildman–Crippen LogP) is 4.33. The van der Waals surface area contributed by atoms with Crippen LogP contribution in [0.15, 0.2) is 21.8 Å². The molecule has 0 aliphatic carbocycles. The van der Waals surface area contributed by atoms with Gasteiger partial charge in [0.25, 0.3) is 0 Å². The van der Waals surface area contributed by atoms with Gasteiger partial charge in [-0.05, 0) is 47.7 Å². The third-order valence-electron chi connectivity index (χ3n) is 1.74. The number of hydrogen-bond donors (Lipinski definition) is 0. The molecule has 0 radical (unpaired) electrons. The first-order valence-electron chi connectivity index (χ1n) is 4.54. The lowest BCUT2D eigenvalue weighted by Gasteiger charge is -2.03. The molecule has 2 nitrogen and oxygen atoms in total. The van der Waals surface area contributed by atoms with E-state index in [9.17, 15) is 4.79 Å². The molecule has 1 rings (SSSR count). The normalized spacial score (nSPS) is 11.4. The second-order valence-corrected chi connectivity index (χ2v) is 4.82. The Morgan fingerprint density at radius 1 is 1.44 bits per heavy atom. The summed E-state index contributed by atoms with van der Waals surface area (Å²) in [6.45, 7) is 2.10. The van der Waals surface area contributed by atoms with Gasteiger partial charge in [-0.2, -0.15) is 0 Å². The lowest BCUT2D eigenvalue weighted by atomic mass is 10.2. The number of halogens is 3. The molecule has 0 amide bonds. The van der Waals surface area contributed by atoms with E-state index in [0.29, 0.717) is 25.8 Å². The number of hydrogen-bond acceptors (Lipinski definition) is 2. The van der Waals surface area contributed by atoms with Gasteiger partial charge >= 0.3 is 5.97 Å². The summed E-state index contributed by atoms with van der Waals surface area (Å²) in [4.78, 5) is 11.4. The highest BCUT2D eigenvalue weighted by molar-refractivity contribution is 14.1. The van der Waals surface area contributed by atoms with Crippen LogP contribution < -0.4 is 0 Å². The lowest BCUT2D eigenvalue weighted by Crippen LogP contribution is -2.03. The Balaban J connectivity index is 3.02. The molecule has 0 N–H and O–H groups in total. The van der Waals surface area contributed by atoms with E-state index in [2.05, 4.69) is 0 Å². The fourth-order valence-electron chi connectivity index (χ4n) is 1.03. The number of esters is 1. The summed E-state index contributed by atoms with van der Waals surface area (Å²) in [5.74, 6) is -0.376. The zero-order valence-corrected chi connectivity index (χ0v) is 12.1. The van der Waals surface area contributed by atoms with Gasteiger partial charge in [0.2, 0.25) is 0 Å². The van der Waals surface area contributed by atoms with Crippen LogP contribution in [0.3, 0.4) is 0 Å². The maximum atomic E-state index is 11.4. The minimum Gasteiger partial charge on any atom is -0.462 e. The van der Waals surface area contributed by atoms with E-state index in [1.54, 1.807) is 31.2 Å². The topological polar surface area (TPSA) is 26.3 Å². The smallest absolute Gasteiger partial charge is 0.344 e. The SMILES string of the molecule is CCOC(=O)/C(I)=C/c1c(Cl)cccc1Cl. The first-order chi connectivity index (χ1) is 7.56. The van der Waals surface area contributed by atoms with E-state index >= 15 is 0 Å². The van der Waals surface area contributed by atoms with Crippen molar-refractivity contribution in [1.82, 2.24) is 0 Å². The standard InChI is InChI=1S/C11H9Cl2IO2/c1-2-16-11(15)10(14)6-7-8(12)4-3-5-9(7)13/h3-6H,2H2,1H3/b10-6-. The third kappa shape index (κ3) is 3.64.